The van der Waals surface area contributed by atoms with Gasteiger partial charge in [-0.15, -0.1) is 0 Å². The summed E-state index contributed by atoms with van der Waals surface area (Å²) in [6, 6.07) is 0. The molecule has 8 atom stereocenters. The van der Waals surface area contributed by atoms with E-state index in [0.29, 0.717) is 36.9 Å². The fourth-order valence-corrected chi connectivity index (χ4v) is 5.93. The molecule has 3 aliphatic carbocycles. The Morgan fingerprint density at radius 1 is 0.600 bits per heavy atom. The van der Waals surface area contributed by atoms with Crippen molar-refractivity contribution in [2.75, 3.05) is 13.2 Å². The number of ether oxygens (including phenoxy) is 2. The summed E-state index contributed by atoms with van der Waals surface area (Å²) in [5.41, 5.74) is 0. The maximum absolute atomic E-state index is 12.9. The summed E-state index contributed by atoms with van der Waals surface area (Å²) in [6.45, 7) is 10.3. The minimum absolute atomic E-state index is 0.164. The summed E-state index contributed by atoms with van der Waals surface area (Å²) in [4.78, 5) is 25.7. The number of hydrogen-bond acceptors (Lipinski definition) is 4. The van der Waals surface area contributed by atoms with E-state index in [2.05, 4.69) is 27.7 Å². The van der Waals surface area contributed by atoms with Crippen molar-refractivity contribution < 1.29 is 19.1 Å². The molecule has 0 radical (unpaired) electrons. The first kappa shape index (κ1) is 23.6. The van der Waals surface area contributed by atoms with Gasteiger partial charge in [-0.05, 0) is 74.0 Å². The number of carbonyl (C=O) groups excluding carboxylic acids is 2. The summed E-state index contributed by atoms with van der Waals surface area (Å²) in [5.74, 6) is 2.94. The quantitative estimate of drug-likeness (QED) is 0.493. The molecular formula is C26H44O4. The lowest BCUT2D eigenvalue weighted by Crippen LogP contribution is -2.37. The molecule has 3 saturated carbocycles. The van der Waals surface area contributed by atoms with Crippen molar-refractivity contribution in [3.63, 3.8) is 0 Å². The predicted molar refractivity (Wildman–Crippen MR) is 119 cm³/mol. The van der Waals surface area contributed by atoms with Gasteiger partial charge in [0, 0.05) is 0 Å². The van der Waals surface area contributed by atoms with Crippen molar-refractivity contribution in [3.05, 3.63) is 0 Å². The highest BCUT2D eigenvalue weighted by atomic mass is 16.5. The first-order valence-electron chi connectivity index (χ1n) is 12.7. The molecule has 3 rings (SSSR count). The van der Waals surface area contributed by atoms with Crippen LogP contribution in [0.1, 0.15) is 91.9 Å². The maximum atomic E-state index is 12.9. The van der Waals surface area contributed by atoms with E-state index in [1.54, 1.807) is 0 Å². The molecule has 0 aromatic carbocycles. The Morgan fingerprint density at radius 2 is 1.00 bits per heavy atom. The second kappa shape index (κ2) is 11.0. The monoisotopic (exact) mass is 420 g/mol. The van der Waals surface area contributed by atoms with Crippen molar-refractivity contribution in [1.29, 1.82) is 0 Å². The van der Waals surface area contributed by atoms with Gasteiger partial charge in [-0.2, -0.15) is 0 Å². The van der Waals surface area contributed by atoms with Gasteiger partial charge in [0.15, 0.2) is 0 Å². The molecule has 0 amide bonds. The van der Waals surface area contributed by atoms with Crippen LogP contribution < -0.4 is 0 Å². The molecule has 0 heterocycles. The lowest BCUT2D eigenvalue weighted by atomic mass is 9.76. The van der Waals surface area contributed by atoms with Crippen molar-refractivity contribution in [1.82, 2.24) is 0 Å². The van der Waals surface area contributed by atoms with Crippen LogP contribution >= 0.6 is 0 Å². The average Bonchev–Trinajstić information content (AvgIpc) is 2.75. The molecular weight excluding hydrogens is 376 g/mol. The first-order valence-corrected chi connectivity index (χ1v) is 12.7. The van der Waals surface area contributed by atoms with Gasteiger partial charge in [-0.3, -0.25) is 9.59 Å². The third-order valence-electron chi connectivity index (χ3n) is 8.71. The smallest absolute Gasteiger partial charge is 0.309 e. The molecule has 0 aliphatic heterocycles. The van der Waals surface area contributed by atoms with Crippen LogP contribution in [0.15, 0.2) is 0 Å². The third-order valence-corrected chi connectivity index (χ3v) is 8.71. The molecule has 0 spiro atoms. The molecule has 30 heavy (non-hydrogen) atoms. The molecule has 0 aromatic heterocycles. The van der Waals surface area contributed by atoms with E-state index in [1.807, 2.05) is 0 Å². The molecule has 3 fully saturated rings. The summed E-state index contributed by atoms with van der Waals surface area (Å²) < 4.78 is 11.5. The molecule has 0 aromatic rings. The van der Waals surface area contributed by atoms with Gasteiger partial charge in [-0.1, -0.05) is 53.4 Å². The molecule has 0 bridgehead atoms. The van der Waals surface area contributed by atoms with Crippen LogP contribution in [-0.2, 0) is 19.1 Å². The minimum Gasteiger partial charge on any atom is -0.465 e. The molecule has 3 aliphatic rings. The zero-order chi connectivity index (χ0) is 21.7. The highest BCUT2D eigenvalue weighted by molar-refractivity contribution is 5.82. The highest BCUT2D eigenvalue weighted by Gasteiger charge is 2.39. The Bertz CT molecular complexity index is 523. The van der Waals surface area contributed by atoms with E-state index in [4.69, 9.17) is 9.47 Å². The standard InChI is InChI=1S/C26H44O4/c1-17-9-11-21(13-19(17)3)15-29-25(27)23-7-5-6-8-24(23)26(28)30-16-22-12-10-18(2)20(4)14-22/h17-24H,5-16H2,1-4H3. The van der Waals surface area contributed by atoms with E-state index >= 15 is 0 Å². The zero-order valence-corrected chi connectivity index (χ0v) is 19.7. The first-order chi connectivity index (χ1) is 14.3. The second-order valence-corrected chi connectivity index (χ2v) is 11.0. The molecule has 0 N–H and O–H groups in total. The van der Waals surface area contributed by atoms with E-state index in [9.17, 15) is 9.59 Å². The largest absolute Gasteiger partial charge is 0.465 e. The van der Waals surface area contributed by atoms with Gasteiger partial charge in [-0.25, -0.2) is 0 Å². The second-order valence-electron chi connectivity index (χ2n) is 11.0. The van der Waals surface area contributed by atoms with Crippen molar-refractivity contribution in [3.8, 4) is 0 Å². The number of rotatable bonds is 6. The molecule has 0 saturated heterocycles. The predicted octanol–water partition coefficient (Wildman–Crippen LogP) is 6.02. The Hall–Kier alpha value is -1.06. The van der Waals surface area contributed by atoms with Crippen LogP contribution in [0.25, 0.3) is 0 Å². The van der Waals surface area contributed by atoms with Gasteiger partial charge >= 0.3 is 11.9 Å². The topological polar surface area (TPSA) is 52.6 Å². The number of esters is 2. The summed E-state index contributed by atoms with van der Waals surface area (Å²) in [7, 11) is 0. The van der Waals surface area contributed by atoms with Crippen molar-refractivity contribution in [2.45, 2.75) is 91.9 Å². The SMILES string of the molecule is CC1CCC(COC(=O)C2CCCCC2C(=O)OCC2CCC(C)C(C)C2)CC1C. The van der Waals surface area contributed by atoms with Gasteiger partial charge < -0.3 is 9.47 Å². The average molecular weight is 421 g/mol. The fourth-order valence-electron chi connectivity index (χ4n) is 5.93. The molecule has 4 nitrogen and oxygen atoms in total. The number of carbonyl (C=O) groups is 2. The lowest BCUT2D eigenvalue weighted by molar-refractivity contribution is -0.165. The van der Waals surface area contributed by atoms with E-state index in [-0.39, 0.29) is 23.8 Å². The van der Waals surface area contributed by atoms with Gasteiger partial charge in [0.1, 0.15) is 0 Å². The van der Waals surface area contributed by atoms with Crippen LogP contribution in [0.5, 0.6) is 0 Å². The zero-order valence-electron chi connectivity index (χ0n) is 19.7. The lowest BCUT2D eigenvalue weighted by Gasteiger charge is -2.34. The van der Waals surface area contributed by atoms with Gasteiger partial charge in [0.05, 0.1) is 25.0 Å². The van der Waals surface area contributed by atoms with Crippen LogP contribution in [-0.4, -0.2) is 25.2 Å². The van der Waals surface area contributed by atoms with Gasteiger partial charge in [0.2, 0.25) is 0 Å². The Labute approximate surface area is 183 Å². The van der Waals surface area contributed by atoms with E-state index in [0.717, 1.165) is 63.2 Å². The number of hydrogen-bond donors (Lipinski definition) is 0. The summed E-state index contributed by atoms with van der Waals surface area (Å²) in [6.07, 6.45) is 10.5. The minimum atomic E-state index is -0.309. The molecule has 8 unspecified atom stereocenters. The maximum Gasteiger partial charge on any atom is 0.309 e. The molecule has 4 heteroatoms. The fraction of sp³-hybridized carbons (Fsp3) is 0.923. The van der Waals surface area contributed by atoms with Gasteiger partial charge in [0.25, 0.3) is 0 Å². The van der Waals surface area contributed by atoms with Crippen molar-refractivity contribution >= 4 is 11.9 Å². The normalized spacial score (nSPS) is 39.9. The summed E-state index contributed by atoms with van der Waals surface area (Å²) in [5, 5.41) is 0. The van der Waals surface area contributed by atoms with E-state index < -0.39 is 0 Å². The Balaban J connectivity index is 1.46. The van der Waals surface area contributed by atoms with Crippen LogP contribution in [0.3, 0.4) is 0 Å². The van der Waals surface area contributed by atoms with E-state index in [1.165, 1.54) is 12.8 Å². The highest BCUT2D eigenvalue weighted by Crippen LogP contribution is 2.36. The Morgan fingerprint density at radius 3 is 1.37 bits per heavy atom. The summed E-state index contributed by atoms with van der Waals surface area (Å²) >= 11 is 0. The van der Waals surface area contributed by atoms with Crippen molar-refractivity contribution in [2.24, 2.45) is 47.3 Å². The van der Waals surface area contributed by atoms with Crippen LogP contribution in [0.4, 0.5) is 0 Å². The molecule has 172 valence electrons. The van der Waals surface area contributed by atoms with Crippen LogP contribution in [0, 0.1) is 47.3 Å². The Kier molecular flexibility index (Phi) is 8.65. The van der Waals surface area contributed by atoms with Crippen LogP contribution in [0.2, 0.25) is 0 Å². The third kappa shape index (κ3) is 6.23.